The van der Waals surface area contributed by atoms with Crippen LogP contribution in [0.2, 0.25) is 0 Å². The quantitative estimate of drug-likeness (QED) is 0.922. The first-order valence-corrected chi connectivity index (χ1v) is 7.94. The summed E-state index contributed by atoms with van der Waals surface area (Å²) >= 11 is 0. The topological polar surface area (TPSA) is 58.1 Å². The van der Waals surface area contributed by atoms with Gasteiger partial charge in [0.05, 0.1) is 17.2 Å². The third-order valence-electron chi connectivity index (χ3n) is 4.12. The minimum Gasteiger partial charge on any atom is -0.340 e. The molecular formula is C17H17F3N4O. The maximum Gasteiger partial charge on any atom is 0.418 e. The van der Waals surface area contributed by atoms with E-state index in [1.165, 1.54) is 18.2 Å². The Labute approximate surface area is 142 Å². The van der Waals surface area contributed by atoms with Crippen LogP contribution in [0.15, 0.2) is 42.7 Å². The van der Waals surface area contributed by atoms with E-state index in [1.54, 1.807) is 18.5 Å². The zero-order valence-corrected chi connectivity index (χ0v) is 13.3. The summed E-state index contributed by atoms with van der Waals surface area (Å²) < 4.78 is 39.1. The number of piperidine rings is 1. The summed E-state index contributed by atoms with van der Waals surface area (Å²) in [5.41, 5.74) is -1.06. The van der Waals surface area contributed by atoms with E-state index in [9.17, 15) is 18.0 Å². The van der Waals surface area contributed by atoms with Gasteiger partial charge in [-0.15, -0.1) is 0 Å². The van der Waals surface area contributed by atoms with Crippen molar-refractivity contribution >= 4 is 17.5 Å². The van der Waals surface area contributed by atoms with Gasteiger partial charge in [0.1, 0.15) is 0 Å². The Morgan fingerprint density at radius 1 is 1.16 bits per heavy atom. The van der Waals surface area contributed by atoms with Gasteiger partial charge < -0.3 is 10.2 Å². The lowest BCUT2D eigenvalue weighted by molar-refractivity contribution is -0.137. The van der Waals surface area contributed by atoms with Gasteiger partial charge in [-0.05, 0) is 31.0 Å². The summed E-state index contributed by atoms with van der Waals surface area (Å²) in [5.74, 6) is -0.313. The number of anilines is 2. The predicted octanol–water partition coefficient (Wildman–Crippen LogP) is 3.35. The van der Waals surface area contributed by atoms with Gasteiger partial charge in [-0.2, -0.15) is 13.2 Å². The highest BCUT2D eigenvalue weighted by Crippen LogP contribution is 2.35. The van der Waals surface area contributed by atoms with E-state index in [1.807, 2.05) is 4.90 Å². The normalized spacial score (nSPS) is 18.0. The fraction of sp³-hybridized carbons (Fsp3) is 0.353. The zero-order chi connectivity index (χ0) is 17.9. The van der Waals surface area contributed by atoms with Crippen LogP contribution in [0.1, 0.15) is 18.4 Å². The third-order valence-corrected chi connectivity index (χ3v) is 4.12. The minimum absolute atomic E-state index is 0.215. The lowest BCUT2D eigenvalue weighted by Gasteiger charge is -2.32. The van der Waals surface area contributed by atoms with Crippen LogP contribution in [-0.2, 0) is 11.0 Å². The van der Waals surface area contributed by atoms with Gasteiger partial charge in [-0.3, -0.25) is 4.79 Å². The molecule has 0 aliphatic carbocycles. The number of nitrogens with one attached hydrogen (secondary N) is 1. The standard InChI is InChI=1S/C17H17F3N4O/c18-17(19,20)13-6-1-2-7-14(13)23-15(25)12-5-3-10-24(11-12)16-21-8-4-9-22-16/h1-2,4,6-9,12H,3,5,10-11H2,(H,23,25)/t12-/m0/s1. The van der Waals surface area contributed by atoms with E-state index in [0.29, 0.717) is 25.5 Å². The number of para-hydroxylation sites is 1. The van der Waals surface area contributed by atoms with Crippen LogP contribution in [-0.4, -0.2) is 29.0 Å². The summed E-state index contributed by atoms with van der Waals surface area (Å²) in [6.07, 6.45) is 0.0815. The third kappa shape index (κ3) is 4.07. The Morgan fingerprint density at radius 2 is 1.88 bits per heavy atom. The summed E-state index contributed by atoms with van der Waals surface area (Å²) in [7, 11) is 0. The predicted molar refractivity (Wildman–Crippen MR) is 87.0 cm³/mol. The molecule has 1 atom stereocenters. The number of rotatable bonds is 3. The van der Waals surface area contributed by atoms with Crippen molar-refractivity contribution in [3.05, 3.63) is 48.3 Å². The van der Waals surface area contributed by atoms with E-state index in [2.05, 4.69) is 15.3 Å². The van der Waals surface area contributed by atoms with Crippen LogP contribution in [0.5, 0.6) is 0 Å². The first-order valence-electron chi connectivity index (χ1n) is 7.94. The van der Waals surface area contributed by atoms with E-state index < -0.39 is 23.6 Å². The van der Waals surface area contributed by atoms with Crippen molar-refractivity contribution in [3.63, 3.8) is 0 Å². The molecule has 1 N–H and O–H groups in total. The van der Waals surface area contributed by atoms with E-state index in [4.69, 9.17) is 0 Å². The Bertz CT molecular complexity index is 736. The molecule has 0 saturated carbocycles. The summed E-state index contributed by atoms with van der Waals surface area (Å²) in [6.45, 7) is 1.09. The molecule has 1 amide bonds. The number of benzene rings is 1. The van der Waals surface area contributed by atoms with E-state index in [0.717, 1.165) is 12.5 Å². The van der Waals surface area contributed by atoms with Crippen molar-refractivity contribution in [2.24, 2.45) is 5.92 Å². The molecule has 8 heteroatoms. The average Bonchev–Trinajstić information content (AvgIpc) is 2.62. The molecule has 0 unspecified atom stereocenters. The molecule has 2 heterocycles. The fourth-order valence-electron chi connectivity index (χ4n) is 2.90. The van der Waals surface area contributed by atoms with Gasteiger partial charge in [-0.25, -0.2) is 9.97 Å². The molecule has 5 nitrogen and oxygen atoms in total. The van der Waals surface area contributed by atoms with Gasteiger partial charge in [0.15, 0.2) is 0 Å². The number of amides is 1. The molecule has 1 aliphatic heterocycles. The lowest BCUT2D eigenvalue weighted by atomic mass is 9.97. The molecule has 25 heavy (non-hydrogen) atoms. The highest BCUT2D eigenvalue weighted by molar-refractivity contribution is 5.93. The first-order chi connectivity index (χ1) is 11.9. The number of hydrogen-bond acceptors (Lipinski definition) is 4. The van der Waals surface area contributed by atoms with E-state index >= 15 is 0 Å². The van der Waals surface area contributed by atoms with Crippen LogP contribution in [0, 0.1) is 5.92 Å². The van der Waals surface area contributed by atoms with Crippen molar-refractivity contribution < 1.29 is 18.0 Å². The van der Waals surface area contributed by atoms with Crippen LogP contribution in [0.3, 0.4) is 0 Å². The van der Waals surface area contributed by atoms with Crippen LogP contribution in [0.25, 0.3) is 0 Å². The number of alkyl halides is 3. The molecule has 2 aromatic rings. The van der Waals surface area contributed by atoms with Crippen molar-refractivity contribution in [2.75, 3.05) is 23.3 Å². The lowest BCUT2D eigenvalue weighted by Crippen LogP contribution is -2.41. The number of halogens is 3. The highest BCUT2D eigenvalue weighted by Gasteiger charge is 2.34. The number of carbonyl (C=O) groups excluding carboxylic acids is 1. The van der Waals surface area contributed by atoms with Crippen LogP contribution in [0.4, 0.5) is 24.8 Å². The summed E-state index contributed by atoms with van der Waals surface area (Å²) in [5, 5.41) is 2.43. The maximum absolute atomic E-state index is 13.0. The second kappa shape index (κ2) is 7.08. The molecule has 0 radical (unpaired) electrons. The number of aromatic nitrogens is 2. The zero-order valence-electron chi connectivity index (χ0n) is 13.3. The molecule has 1 aromatic heterocycles. The Kier molecular flexibility index (Phi) is 4.87. The molecular weight excluding hydrogens is 333 g/mol. The van der Waals surface area contributed by atoms with Crippen molar-refractivity contribution in [3.8, 4) is 0 Å². The smallest absolute Gasteiger partial charge is 0.340 e. The van der Waals surface area contributed by atoms with Crippen LogP contribution < -0.4 is 10.2 Å². The molecule has 1 aromatic carbocycles. The second-order valence-corrected chi connectivity index (χ2v) is 5.87. The van der Waals surface area contributed by atoms with Gasteiger partial charge in [0, 0.05) is 25.5 Å². The van der Waals surface area contributed by atoms with Crippen molar-refractivity contribution in [1.29, 1.82) is 0 Å². The maximum atomic E-state index is 13.0. The first kappa shape index (κ1) is 17.2. The summed E-state index contributed by atoms with van der Waals surface area (Å²) in [6, 6.07) is 6.69. The highest BCUT2D eigenvalue weighted by atomic mass is 19.4. The summed E-state index contributed by atoms with van der Waals surface area (Å²) in [4.78, 5) is 22.7. The largest absolute Gasteiger partial charge is 0.418 e. The molecule has 3 rings (SSSR count). The molecule has 1 aliphatic rings. The second-order valence-electron chi connectivity index (χ2n) is 5.87. The molecule has 0 spiro atoms. The Morgan fingerprint density at radius 3 is 2.60 bits per heavy atom. The average molecular weight is 350 g/mol. The van der Waals surface area contributed by atoms with Gasteiger partial charge in [0.2, 0.25) is 11.9 Å². The van der Waals surface area contributed by atoms with Crippen molar-refractivity contribution in [2.45, 2.75) is 19.0 Å². The minimum atomic E-state index is -4.51. The van der Waals surface area contributed by atoms with Crippen LogP contribution >= 0.6 is 0 Å². The molecule has 1 fully saturated rings. The number of hydrogen-bond donors (Lipinski definition) is 1. The fourth-order valence-corrected chi connectivity index (χ4v) is 2.90. The van der Waals surface area contributed by atoms with Gasteiger partial charge >= 0.3 is 6.18 Å². The van der Waals surface area contributed by atoms with Crippen molar-refractivity contribution in [1.82, 2.24) is 9.97 Å². The molecule has 0 bridgehead atoms. The SMILES string of the molecule is O=C(Nc1ccccc1C(F)(F)F)[C@H]1CCCN(c2ncccn2)C1. The Balaban J connectivity index is 1.72. The van der Waals surface area contributed by atoms with E-state index in [-0.39, 0.29) is 5.69 Å². The monoisotopic (exact) mass is 350 g/mol. The molecule has 1 saturated heterocycles. The number of carbonyl (C=O) groups is 1. The Hall–Kier alpha value is -2.64. The van der Waals surface area contributed by atoms with Gasteiger partial charge in [0.25, 0.3) is 0 Å². The number of nitrogens with zero attached hydrogens (tertiary/aromatic N) is 3. The van der Waals surface area contributed by atoms with Gasteiger partial charge in [-0.1, -0.05) is 12.1 Å². The molecule has 132 valence electrons.